The Bertz CT molecular complexity index is 150. The Morgan fingerprint density at radius 2 is 1.91 bits per heavy atom. The highest BCUT2D eigenvalue weighted by Crippen LogP contribution is 2.18. The minimum atomic E-state index is -0.905. The zero-order valence-corrected chi connectivity index (χ0v) is 7.48. The van der Waals surface area contributed by atoms with Crippen LogP contribution in [-0.4, -0.2) is 16.5 Å². The van der Waals surface area contributed by atoms with Crippen LogP contribution >= 0.6 is 0 Å². The summed E-state index contributed by atoms with van der Waals surface area (Å²) in [5, 5.41) is 9.57. The van der Waals surface area contributed by atoms with Crippen LogP contribution in [0.4, 0.5) is 0 Å². The standard InChI is InChI=1S/C9H16O2/c1-7(2)5-9(4,11)6-8(3)10/h11H,1,5-6H2,2-4H3/t9-/m1/s1. The highest BCUT2D eigenvalue weighted by Gasteiger charge is 2.21. The van der Waals surface area contributed by atoms with Crippen LogP contribution in [-0.2, 0) is 4.79 Å². The molecule has 2 heteroatoms. The number of ketones is 1. The summed E-state index contributed by atoms with van der Waals surface area (Å²) in [6.07, 6.45) is 0.701. The van der Waals surface area contributed by atoms with Gasteiger partial charge in [-0.3, -0.25) is 4.79 Å². The molecule has 0 spiro atoms. The molecule has 64 valence electrons. The highest BCUT2D eigenvalue weighted by atomic mass is 16.3. The molecule has 2 nitrogen and oxygen atoms in total. The van der Waals surface area contributed by atoms with Crippen LogP contribution in [0.1, 0.15) is 33.6 Å². The van der Waals surface area contributed by atoms with Gasteiger partial charge >= 0.3 is 0 Å². The van der Waals surface area contributed by atoms with Gasteiger partial charge in [0.05, 0.1) is 5.60 Å². The lowest BCUT2D eigenvalue weighted by Gasteiger charge is -2.21. The first kappa shape index (κ1) is 10.4. The second kappa shape index (κ2) is 3.67. The van der Waals surface area contributed by atoms with Crippen molar-refractivity contribution in [2.45, 2.75) is 39.2 Å². The van der Waals surface area contributed by atoms with E-state index in [9.17, 15) is 9.90 Å². The lowest BCUT2D eigenvalue weighted by atomic mass is 9.93. The Morgan fingerprint density at radius 1 is 1.45 bits per heavy atom. The lowest BCUT2D eigenvalue weighted by Crippen LogP contribution is -2.26. The molecule has 0 aliphatic carbocycles. The van der Waals surface area contributed by atoms with Crippen molar-refractivity contribution in [3.05, 3.63) is 12.2 Å². The summed E-state index contributed by atoms with van der Waals surface area (Å²) >= 11 is 0. The van der Waals surface area contributed by atoms with E-state index in [0.29, 0.717) is 6.42 Å². The summed E-state index contributed by atoms with van der Waals surface area (Å²) in [5.74, 6) is 0.0104. The molecular weight excluding hydrogens is 140 g/mol. The fourth-order valence-corrected chi connectivity index (χ4v) is 1.25. The van der Waals surface area contributed by atoms with E-state index < -0.39 is 5.60 Å². The third-order valence-corrected chi connectivity index (χ3v) is 1.31. The quantitative estimate of drug-likeness (QED) is 0.629. The van der Waals surface area contributed by atoms with Crippen LogP contribution in [0.15, 0.2) is 12.2 Å². The molecule has 0 radical (unpaired) electrons. The highest BCUT2D eigenvalue weighted by molar-refractivity contribution is 5.76. The third-order valence-electron chi connectivity index (χ3n) is 1.31. The van der Waals surface area contributed by atoms with E-state index in [1.54, 1.807) is 6.92 Å². The van der Waals surface area contributed by atoms with Gasteiger partial charge in [0, 0.05) is 6.42 Å². The van der Waals surface area contributed by atoms with Crippen LogP contribution in [0.3, 0.4) is 0 Å². The molecule has 0 fully saturated rings. The molecule has 0 saturated carbocycles. The van der Waals surface area contributed by atoms with Crippen molar-refractivity contribution in [3.8, 4) is 0 Å². The molecule has 0 saturated heterocycles. The SMILES string of the molecule is C=C(C)C[C@@](C)(O)CC(C)=O. The number of aliphatic hydroxyl groups is 1. The van der Waals surface area contributed by atoms with Gasteiger partial charge in [-0.2, -0.15) is 0 Å². The van der Waals surface area contributed by atoms with E-state index in [1.165, 1.54) is 6.92 Å². The van der Waals surface area contributed by atoms with Gasteiger partial charge < -0.3 is 5.11 Å². The number of Topliss-reactive ketones (excluding diaryl/α,β-unsaturated/α-hetero) is 1. The third kappa shape index (κ3) is 5.80. The molecular formula is C9H16O2. The molecule has 0 aliphatic heterocycles. The van der Waals surface area contributed by atoms with Gasteiger partial charge in [-0.05, 0) is 27.2 Å². The molecule has 1 N–H and O–H groups in total. The first-order valence-corrected chi connectivity index (χ1v) is 3.70. The fraction of sp³-hybridized carbons (Fsp3) is 0.667. The van der Waals surface area contributed by atoms with Crippen molar-refractivity contribution in [2.75, 3.05) is 0 Å². The molecule has 0 aromatic carbocycles. The van der Waals surface area contributed by atoms with Crippen LogP contribution in [0.25, 0.3) is 0 Å². The number of carbonyl (C=O) groups excluding carboxylic acids is 1. The van der Waals surface area contributed by atoms with Gasteiger partial charge in [0.15, 0.2) is 0 Å². The average Bonchev–Trinajstić information content (AvgIpc) is 1.53. The molecule has 0 aromatic heterocycles. The van der Waals surface area contributed by atoms with Crippen molar-refractivity contribution in [1.82, 2.24) is 0 Å². The molecule has 0 unspecified atom stereocenters. The maximum Gasteiger partial charge on any atom is 0.132 e. The summed E-state index contributed by atoms with van der Waals surface area (Å²) in [6.45, 7) is 8.65. The maximum absolute atomic E-state index is 10.7. The van der Waals surface area contributed by atoms with Gasteiger partial charge in [0.1, 0.15) is 5.78 Å². The number of carbonyl (C=O) groups is 1. The van der Waals surface area contributed by atoms with Crippen LogP contribution in [0.2, 0.25) is 0 Å². The summed E-state index contributed by atoms with van der Waals surface area (Å²) in [6, 6.07) is 0. The van der Waals surface area contributed by atoms with Crippen molar-refractivity contribution in [1.29, 1.82) is 0 Å². The molecule has 0 aromatic rings. The van der Waals surface area contributed by atoms with E-state index >= 15 is 0 Å². The Balaban J connectivity index is 3.99. The second-order valence-electron chi connectivity index (χ2n) is 3.51. The van der Waals surface area contributed by atoms with Gasteiger partial charge in [-0.25, -0.2) is 0 Å². The Morgan fingerprint density at radius 3 is 2.18 bits per heavy atom. The zero-order chi connectivity index (χ0) is 9.07. The summed E-state index contributed by atoms with van der Waals surface area (Å²) in [5.41, 5.74) is -0.00579. The number of rotatable bonds is 4. The van der Waals surface area contributed by atoms with E-state index in [1.807, 2.05) is 6.92 Å². The molecule has 0 aliphatic rings. The number of hydrogen-bond donors (Lipinski definition) is 1. The molecule has 0 heterocycles. The normalized spacial score (nSPS) is 15.6. The average molecular weight is 156 g/mol. The summed E-state index contributed by atoms with van der Waals surface area (Å²) in [7, 11) is 0. The zero-order valence-electron chi connectivity index (χ0n) is 7.48. The molecule has 0 amide bonds. The molecule has 1 atom stereocenters. The van der Waals surface area contributed by atoms with Gasteiger partial charge in [0.25, 0.3) is 0 Å². The topological polar surface area (TPSA) is 37.3 Å². The number of hydrogen-bond acceptors (Lipinski definition) is 2. The molecule has 0 rings (SSSR count). The van der Waals surface area contributed by atoms with Gasteiger partial charge in [0.2, 0.25) is 0 Å². The first-order chi connectivity index (χ1) is 4.83. The monoisotopic (exact) mass is 156 g/mol. The van der Waals surface area contributed by atoms with Crippen molar-refractivity contribution >= 4 is 5.78 Å². The Kier molecular flexibility index (Phi) is 3.46. The van der Waals surface area contributed by atoms with Gasteiger partial charge in [-0.15, -0.1) is 6.58 Å². The lowest BCUT2D eigenvalue weighted by molar-refractivity contribution is -0.121. The van der Waals surface area contributed by atoms with E-state index in [2.05, 4.69) is 6.58 Å². The first-order valence-electron chi connectivity index (χ1n) is 3.70. The minimum Gasteiger partial charge on any atom is -0.389 e. The largest absolute Gasteiger partial charge is 0.389 e. The van der Waals surface area contributed by atoms with E-state index in [4.69, 9.17) is 0 Å². The summed E-state index contributed by atoms with van der Waals surface area (Å²) < 4.78 is 0. The second-order valence-corrected chi connectivity index (χ2v) is 3.51. The maximum atomic E-state index is 10.7. The van der Waals surface area contributed by atoms with E-state index in [0.717, 1.165) is 5.57 Å². The Hall–Kier alpha value is -0.630. The fourth-order valence-electron chi connectivity index (χ4n) is 1.25. The summed E-state index contributed by atoms with van der Waals surface area (Å²) in [4.78, 5) is 10.7. The smallest absolute Gasteiger partial charge is 0.132 e. The molecule has 11 heavy (non-hydrogen) atoms. The van der Waals surface area contributed by atoms with E-state index in [-0.39, 0.29) is 12.2 Å². The minimum absolute atomic E-state index is 0.0104. The van der Waals surface area contributed by atoms with Crippen molar-refractivity contribution in [2.24, 2.45) is 0 Å². The van der Waals surface area contributed by atoms with Crippen molar-refractivity contribution < 1.29 is 9.90 Å². The Labute approximate surface area is 67.9 Å². The van der Waals surface area contributed by atoms with Gasteiger partial charge in [-0.1, -0.05) is 5.57 Å². The van der Waals surface area contributed by atoms with Crippen molar-refractivity contribution in [3.63, 3.8) is 0 Å². The molecule has 0 bridgehead atoms. The van der Waals surface area contributed by atoms with Crippen LogP contribution in [0, 0.1) is 0 Å². The van der Waals surface area contributed by atoms with Crippen LogP contribution in [0.5, 0.6) is 0 Å². The van der Waals surface area contributed by atoms with Crippen LogP contribution < -0.4 is 0 Å². The predicted octanol–water partition coefficient (Wildman–Crippen LogP) is 1.68. The predicted molar refractivity (Wildman–Crippen MR) is 45.4 cm³/mol.